The lowest BCUT2D eigenvalue weighted by Gasteiger charge is -2.39. The zero-order valence-corrected chi connectivity index (χ0v) is 29.8. The molecule has 3 heterocycles. The molecule has 0 unspecified atom stereocenters. The molecule has 2 saturated heterocycles. The van der Waals surface area contributed by atoms with Crippen molar-refractivity contribution in [1.29, 1.82) is 0 Å². The number of carbonyl (C=O) groups is 3. The van der Waals surface area contributed by atoms with Crippen LogP contribution in [0.4, 0.5) is 16.2 Å². The number of nitrogens with one attached hydrogen (secondary N) is 1. The molecular formula is C37H46ClN3O8. The van der Waals surface area contributed by atoms with Gasteiger partial charge in [0.2, 0.25) is 5.91 Å². The second-order valence-corrected chi connectivity index (χ2v) is 14.3. The Morgan fingerprint density at radius 3 is 2.63 bits per heavy atom. The largest absolute Gasteiger partial charge is 0.496 e. The Morgan fingerprint density at radius 1 is 1.22 bits per heavy atom. The number of methoxy groups -OCH3 is 1. The van der Waals surface area contributed by atoms with E-state index in [9.17, 15) is 19.5 Å². The average molecular weight is 696 g/mol. The summed E-state index contributed by atoms with van der Waals surface area (Å²) in [6.45, 7) is 9.06. The van der Waals surface area contributed by atoms with Crippen molar-refractivity contribution in [1.82, 2.24) is 5.32 Å². The number of amides is 2. The Labute approximate surface area is 292 Å². The van der Waals surface area contributed by atoms with E-state index in [4.69, 9.17) is 36.3 Å². The molecule has 49 heavy (non-hydrogen) atoms. The summed E-state index contributed by atoms with van der Waals surface area (Å²) in [6.07, 6.45) is 3.23. The van der Waals surface area contributed by atoms with Crippen molar-refractivity contribution in [2.45, 2.75) is 89.9 Å². The molecule has 0 aliphatic carbocycles. The number of carbonyl (C=O) groups excluding carboxylic acids is 3. The normalized spacial score (nSPS) is 30.7. The Balaban J connectivity index is 1.63. The Hall–Kier alpha value is -4.06. The van der Waals surface area contributed by atoms with Crippen LogP contribution in [-0.4, -0.2) is 66.9 Å². The van der Waals surface area contributed by atoms with Gasteiger partial charge in [0.25, 0.3) is 0 Å². The molecule has 0 radical (unpaired) electrons. The Morgan fingerprint density at radius 2 is 1.96 bits per heavy atom. The number of epoxide rings is 1. The number of nitrogen functional groups attached to an aromatic ring is 1. The SMILES string of the molecule is COc1cc2cc(c1-c1ccc(N)cc1Cl)N(C)C(=O)C[C@H](OC(=O)C(C)C)[C@]1(C)O[C@H]1[C@H](C)[C@@H]1C[C@](O)(C/C=C/C=C(\C)C2)NC(=O)O1. The molecule has 264 valence electrons. The maximum atomic E-state index is 14.3. The van der Waals surface area contributed by atoms with Gasteiger partial charge in [-0.05, 0) is 50.1 Å². The molecule has 11 nitrogen and oxygen atoms in total. The van der Waals surface area contributed by atoms with Crippen molar-refractivity contribution in [3.63, 3.8) is 0 Å². The first-order valence-electron chi connectivity index (χ1n) is 16.5. The van der Waals surface area contributed by atoms with E-state index in [-0.39, 0.29) is 25.2 Å². The van der Waals surface area contributed by atoms with Gasteiger partial charge in [-0.2, -0.15) is 0 Å². The predicted molar refractivity (Wildman–Crippen MR) is 187 cm³/mol. The third kappa shape index (κ3) is 7.74. The molecule has 0 spiro atoms. The van der Waals surface area contributed by atoms with Crippen molar-refractivity contribution in [3.05, 3.63) is 64.7 Å². The van der Waals surface area contributed by atoms with E-state index in [0.717, 1.165) is 11.1 Å². The summed E-state index contributed by atoms with van der Waals surface area (Å²) in [5.74, 6) is -1.16. The Bertz CT molecular complexity index is 1690. The van der Waals surface area contributed by atoms with Crippen molar-refractivity contribution < 1.29 is 38.4 Å². The quantitative estimate of drug-likeness (QED) is 0.200. The van der Waals surface area contributed by atoms with Gasteiger partial charge in [-0.3, -0.25) is 14.9 Å². The van der Waals surface area contributed by atoms with Crippen LogP contribution in [0, 0.1) is 11.8 Å². The van der Waals surface area contributed by atoms with Crippen LogP contribution in [0.3, 0.4) is 0 Å². The molecule has 4 N–H and O–H groups in total. The molecule has 3 aliphatic heterocycles. The fourth-order valence-corrected chi connectivity index (χ4v) is 6.95. The summed E-state index contributed by atoms with van der Waals surface area (Å²) in [5, 5.41) is 14.3. The molecule has 0 aromatic heterocycles. The fourth-order valence-electron chi connectivity index (χ4n) is 6.67. The van der Waals surface area contributed by atoms with Crippen molar-refractivity contribution in [2.75, 3.05) is 24.8 Å². The van der Waals surface area contributed by atoms with Gasteiger partial charge in [-0.25, -0.2) is 4.79 Å². The van der Waals surface area contributed by atoms with Gasteiger partial charge >= 0.3 is 12.1 Å². The van der Waals surface area contributed by atoms with E-state index in [0.29, 0.717) is 39.7 Å². The van der Waals surface area contributed by atoms with Crippen LogP contribution in [-0.2, 0) is 30.2 Å². The number of aliphatic hydroxyl groups is 1. The molecule has 3 aliphatic rings. The van der Waals surface area contributed by atoms with Gasteiger partial charge in [0.15, 0.2) is 0 Å². The van der Waals surface area contributed by atoms with E-state index in [1.54, 1.807) is 59.2 Å². The van der Waals surface area contributed by atoms with Crippen LogP contribution in [0.2, 0.25) is 5.02 Å². The van der Waals surface area contributed by atoms with Crippen LogP contribution in [0.25, 0.3) is 11.1 Å². The topological polar surface area (TPSA) is 153 Å². The standard InChI is InChI=1S/C37H46ClN3O8/c1-20(2)34(43)48-30-18-31(42)41(6)27-15-23(16-28(46-7)32(27)25-12-11-24(39)17-26(25)38)14-21(3)10-8-9-13-37(45)19-29(47-35(44)40-37)22(4)33-36(30,5)49-33/h8-12,15-17,20,22,29-30,33,45H,13-14,18-19,39H2,1-7H3,(H,40,44)/b9-8+,21-10+/t22-,29+,30+,33+,36+,37-/m1/s1. The molecule has 2 amide bonds. The number of fused-ring (bicyclic) bond motifs is 5. The fraction of sp³-hybridized carbons (Fsp3) is 0.486. The second kappa shape index (κ2) is 14.0. The van der Waals surface area contributed by atoms with Gasteiger partial charge in [-0.1, -0.05) is 62.2 Å². The minimum absolute atomic E-state index is 0.114. The van der Waals surface area contributed by atoms with Gasteiger partial charge in [0.1, 0.15) is 29.3 Å². The van der Waals surface area contributed by atoms with Gasteiger partial charge < -0.3 is 34.7 Å². The molecule has 2 aromatic carbocycles. The molecule has 2 fully saturated rings. The summed E-state index contributed by atoms with van der Waals surface area (Å²) in [4.78, 5) is 41.4. The smallest absolute Gasteiger partial charge is 0.409 e. The number of rotatable bonds is 4. The number of benzene rings is 2. The zero-order chi connectivity index (χ0) is 35.8. The molecular weight excluding hydrogens is 650 g/mol. The molecule has 0 saturated carbocycles. The number of hydrogen-bond acceptors (Lipinski definition) is 9. The van der Waals surface area contributed by atoms with E-state index in [1.807, 2.05) is 38.1 Å². The highest BCUT2D eigenvalue weighted by molar-refractivity contribution is 6.34. The summed E-state index contributed by atoms with van der Waals surface area (Å²) in [5.41, 5.74) is 7.54. The van der Waals surface area contributed by atoms with E-state index in [2.05, 4.69) is 5.32 Å². The lowest BCUT2D eigenvalue weighted by atomic mass is 9.84. The first-order valence-corrected chi connectivity index (χ1v) is 16.9. The van der Waals surface area contributed by atoms with Crippen molar-refractivity contribution in [3.8, 4) is 16.9 Å². The summed E-state index contributed by atoms with van der Waals surface area (Å²) < 4.78 is 23.7. The van der Waals surface area contributed by atoms with Crippen LogP contribution in [0.1, 0.15) is 59.4 Å². The predicted octanol–water partition coefficient (Wildman–Crippen LogP) is 5.95. The lowest BCUT2D eigenvalue weighted by molar-refractivity contribution is -0.157. The first-order chi connectivity index (χ1) is 23.0. The number of alkyl carbamates (subject to hydrolysis) is 1. The first kappa shape index (κ1) is 36.2. The maximum Gasteiger partial charge on any atom is 0.409 e. The minimum atomic E-state index is -1.54. The maximum absolute atomic E-state index is 14.3. The highest BCUT2D eigenvalue weighted by Crippen LogP contribution is 2.49. The van der Waals surface area contributed by atoms with Crippen LogP contribution in [0.5, 0.6) is 5.75 Å². The van der Waals surface area contributed by atoms with Gasteiger partial charge in [-0.15, -0.1) is 0 Å². The number of nitrogens with two attached hydrogens (primary N) is 1. The number of ether oxygens (including phenoxy) is 4. The molecule has 5 rings (SSSR count). The van der Waals surface area contributed by atoms with E-state index >= 15 is 0 Å². The van der Waals surface area contributed by atoms with E-state index < -0.39 is 53.5 Å². The van der Waals surface area contributed by atoms with E-state index in [1.165, 1.54) is 4.90 Å². The minimum Gasteiger partial charge on any atom is -0.496 e. The third-order valence-electron chi connectivity index (χ3n) is 9.63. The van der Waals surface area contributed by atoms with Crippen molar-refractivity contribution in [2.24, 2.45) is 11.8 Å². The highest BCUT2D eigenvalue weighted by atomic mass is 35.5. The number of allylic oxidation sites excluding steroid dienone is 3. The van der Waals surface area contributed by atoms with Crippen LogP contribution in [0.15, 0.2) is 54.1 Å². The monoisotopic (exact) mass is 695 g/mol. The highest BCUT2D eigenvalue weighted by Gasteiger charge is 2.64. The number of anilines is 2. The Kier molecular flexibility index (Phi) is 10.4. The van der Waals surface area contributed by atoms with Crippen molar-refractivity contribution >= 4 is 40.9 Å². The lowest BCUT2D eigenvalue weighted by Crippen LogP contribution is -2.57. The molecule has 4 bridgehead atoms. The summed E-state index contributed by atoms with van der Waals surface area (Å²) in [6, 6.07) is 9.00. The van der Waals surface area contributed by atoms with Crippen LogP contribution < -0.4 is 20.7 Å². The molecule has 2 aromatic rings. The number of esters is 1. The zero-order valence-electron chi connectivity index (χ0n) is 29.0. The number of halogens is 1. The van der Waals surface area contributed by atoms with Gasteiger partial charge in [0, 0.05) is 42.6 Å². The summed E-state index contributed by atoms with van der Waals surface area (Å²) >= 11 is 6.72. The summed E-state index contributed by atoms with van der Waals surface area (Å²) in [7, 11) is 3.22. The second-order valence-electron chi connectivity index (χ2n) is 13.9. The number of nitrogens with zero attached hydrogens (tertiary/aromatic N) is 1. The molecule has 12 heteroatoms. The average Bonchev–Trinajstić information content (AvgIpc) is 3.73. The molecule has 6 atom stereocenters. The number of hydrogen-bond donors (Lipinski definition) is 3. The third-order valence-corrected chi connectivity index (χ3v) is 9.94. The van der Waals surface area contributed by atoms with Gasteiger partial charge in [0.05, 0.1) is 36.3 Å². The van der Waals surface area contributed by atoms with Crippen LogP contribution >= 0.6 is 11.6 Å².